The van der Waals surface area contributed by atoms with Gasteiger partial charge < -0.3 is 10.2 Å². The van der Waals surface area contributed by atoms with Crippen LogP contribution in [0.1, 0.15) is 45.2 Å². The van der Waals surface area contributed by atoms with Crippen LogP contribution in [0.25, 0.3) is 0 Å². The van der Waals surface area contributed by atoms with Crippen LogP contribution in [0, 0.1) is 5.82 Å². The highest BCUT2D eigenvalue weighted by atomic mass is 32.2. The van der Waals surface area contributed by atoms with Crippen LogP contribution in [-0.4, -0.2) is 31.6 Å². The predicted octanol–water partition coefficient (Wildman–Crippen LogP) is 4.46. The lowest BCUT2D eigenvalue weighted by Crippen LogP contribution is -2.32. The first-order chi connectivity index (χ1) is 10.0. The Labute approximate surface area is 133 Å². The highest BCUT2D eigenvalue weighted by Crippen LogP contribution is 2.30. The molecule has 0 spiro atoms. The Balaban J connectivity index is 2.97. The minimum atomic E-state index is -0.118. The number of nitrogens with one attached hydrogen (secondary N) is 1. The lowest BCUT2D eigenvalue weighted by atomic mass is 10.0. The summed E-state index contributed by atoms with van der Waals surface area (Å²) in [6.07, 6.45) is 4.27. The van der Waals surface area contributed by atoms with Crippen LogP contribution >= 0.6 is 11.8 Å². The number of anilines is 1. The summed E-state index contributed by atoms with van der Waals surface area (Å²) in [4.78, 5) is 2.21. The molecule has 1 N–H and O–H groups in total. The molecule has 120 valence electrons. The van der Waals surface area contributed by atoms with E-state index in [1.807, 2.05) is 24.8 Å². The van der Waals surface area contributed by atoms with Crippen LogP contribution in [0.3, 0.4) is 0 Å². The van der Waals surface area contributed by atoms with Crippen molar-refractivity contribution < 1.29 is 4.39 Å². The van der Waals surface area contributed by atoms with Crippen molar-refractivity contribution in [2.75, 3.05) is 30.5 Å². The second kappa shape index (κ2) is 9.31. The Hall–Kier alpha value is -0.740. The maximum absolute atomic E-state index is 14.3. The van der Waals surface area contributed by atoms with Crippen LogP contribution in [0.4, 0.5) is 10.1 Å². The van der Waals surface area contributed by atoms with Crippen molar-refractivity contribution in [1.82, 2.24) is 5.32 Å². The molecule has 0 aliphatic carbocycles. The highest BCUT2D eigenvalue weighted by Gasteiger charge is 2.20. The van der Waals surface area contributed by atoms with Crippen molar-refractivity contribution in [3.05, 3.63) is 29.6 Å². The van der Waals surface area contributed by atoms with E-state index >= 15 is 0 Å². The smallest absolute Gasteiger partial charge is 0.130 e. The zero-order chi connectivity index (χ0) is 15.8. The highest BCUT2D eigenvalue weighted by molar-refractivity contribution is 7.98. The van der Waals surface area contributed by atoms with Gasteiger partial charge in [0.25, 0.3) is 0 Å². The number of hydrogen-bond acceptors (Lipinski definition) is 3. The quantitative estimate of drug-likeness (QED) is 0.724. The second-order valence-electron chi connectivity index (χ2n) is 5.59. The molecule has 2 atom stereocenters. The molecule has 1 aromatic rings. The Bertz CT molecular complexity index is 425. The van der Waals surface area contributed by atoms with E-state index in [0.29, 0.717) is 6.04 Å². The topological polar surface area (TPSA) is 15.3 Å². The van der Waals surface area contributed by atoms with E-state index < -0.39 is 0 Å². The summed E-state index contributed by atoms with van der Waals surface area (Å²) in [7, 11) is 2.07. The van der Waals surface area contributed by atoms with Gasteiger partial charge in [-0.15, -0.1) is 0 Å². The first kappa shape index (κ1) is 18.3. The van der Waals surface area contributed by atoms with Gasteiger partial charge in [0.2, 0.25) is 0 Å². The van der Waals surface area contributed by atoms with E-state index in [9.17, 15) is 4.39 Å². The first-order valence-electron chi connectivity index (χ1n) is 7.76. The van der Waals surface area contributed by atoms with E-state index in [2.05, 4.69) is 37.4 Å². The van der Waals surface area contributed by atoms with Crippen LogP contribution in [0.2, 0.25) is 0 Å². The third-order valence-electron chi connectivity index (χ3n) is 3.94. The molecule has 1 aromatic carbocycles. The van der Waals surface area contributed by atoms with Gasteiger partial charge in [-0.3, -0.25) is 0 Å². The molecule has 0 saturated carbocycles. The number of thioether (sulfide) groups is 1. The third kappa shape index (κ3) is 5.19. The molecule has 0 heterocycles. The maximum atomic E-state index is 14.3. The molecule has 2 unspecified atom stereocenters. The van der Waals surface area contributed by atoms with Crippen LogP contribution < -0.4 is 10.2 Å². The molecular weight excluding hydrogens is 283 g/mol. The fourth-order valence-corrected chi connectivity index (χ4v) is 3.02. The molecule has 0 aromatic heterocycles. The van der Waals surface area contributed by atoms with Crippen molar-refractivity contribution in [2.45, 2.75) is 45.7 Å². The minimum Gasteiger partial charge on any atom is -0.372 e. The molecule has 21 heavy (non-hydrogen) atoms. The fourth-order valence-electron chi connectivity index (χ4n) is 2.44. The van der Waals surface area contributed by atoms with Crippen molar-refractivity contribution >= 4 is 17.4 Å². The number of hydrogen-bond donors (Lipinski definition) is 1. The summed E-state index contributed by atoms with van der Waals surface area (Å²) in [6.45, 7) is 7.27. The summed E-state index contributed by atoms with van der Waals surface area (Å²) in [5.41, 5.74) is 1.78. The van der Waals surface area contributed by atoms with Crippen molar-refractivity contribution in [3.8, 4) is 0 Å². The van der Waals surface area contributed by atoms with Crippen LogP contribution in [0.15, 0.2) is 18.2 Å². The van der Waals surface area contributed by atoms with Gasteiger partial charge in [0.05, 0.1) is 0 Å². The van der Waals surface area contributed by atoms with Crippen LogP contribution in [-0.2, 0) is 0 Å². The zero-order valence-electron chi connectivity index (χ0n) is 13.9. The molecule has 0 radical (unpaired) electrons. The van der Waals surface area contributed by atoms with Gasteiger partial charge in [-0.2, -0.15) is 11.8 Å². The SMILES string of the molecule is CCCNC(C)c1c(F)cccc1N(C)C(C)CCSC. The summed E-state index contributed by atoms with van der Waals surface area (Å²) in [6, 6.07) is 5.81. The lowest BCUT2D eigenvalue weighted by Gasteiger charge is -2.31. The number of halogens is 1. The molecule has 0 bridgehead atoms. The molecule has 1 rings (SSSR count). The van der Waals surface area contributed by atoms with E-state index in [1.165, 1.54) is 0 Å². The van der Waals surface area contributed by atoms with E-state index in [4.69, 9.17) is 0 Å². The Morgan fingerprint density at radius 1 is 1.33 bits per heavy atom. The monoisotopic (exact) mass is 312 g/mol. The van der Waals surface area contributed by atoms with Gasteiger partial charge in [-0.05, 0) is 57.4 Å². The lowest BCUT2D eigenvalue weighted by molar-refractivity contribution is 0.524. The molecule has 4 heteroatoms. The number of rotatable bonds is 9. The maximum Gasteiger partial charge on any atom is 0.130 e. The van der Waals surface area contributed by atoms with Crippen molar-refractivity contribution in [1.29, 1.82) is 0 Å². The third-order valence-corrected chi connectivity index (χ3v) is 4.59. The largest absolute Gasteiger partial charge is 0.372 e. The first-order valence-corrected chi connectivity index (χ1v) is 9.15. The summed E-state index contributed by atoms with van der Waals surface area (Å²) >= 11 is 1.85. The molecule has 0 aliphatic rings. The van der Waals surface area contributed by atoms with Crippen molar-refractivity contribution in [3.63, 3.8) is 0 Å². The van der Waals surface area contributed by atoms with Crippen molar-refractivity contribution in [2.24, 2.45) is 0 Å². The standard InChI is InChI=1S/C17H29FN2S/c1-6-11-19-14(3)17-15(18)8-7-9-16(17)20(4)13(2)10-12-21-5/h7-9,13-14,19H,6,10-12H2,1-5H3. The second-order valence-corrected chi connectivity index (χ2v) is 6.58. The van der Waals surface area contributed by atoms with Gasteiger partial charge in [-0.1, -0.05) is 13.0 Å². The van der Waals surface area contributed by atoms with E-state index in [0.717, 1.165) is 36.4 Å². The molecular formula is C17H29FN2S. The summed E-state index contributed by atoms with van der Waals surface area (Å²) in [5.74, 6) is 1.01. The molecule has 0 fully saturated rings. The molecule has 2 nitrogen and oxygen atoms in total. The fraction of sp³-hybridized carbons (Fsp3) is 0.647. The summed E-state index contributed by atoms with van der Waals surface area (Å²) < 4.78 is 14.3. The predicted molar refractivity (Wildman–Crippen MR) is 94.0 cm³/mol. The summed E-state index contributed by atoms with van der Waals surface area (Å²) in [5, 5.41) is 3.40. The van der Waals surface area contributed by atoms with E-state index in [1.54, 1.807) is 12.1 Å². The van der Waals surface area contributed by atoms with Gasteiger partial charge in [-0.25, -0.2) is 4.39 Å². The van der Waals surface area contributed by atoms with Gasteiger partial charge in [0.1, 0.15) is 5.82 Å². The molecule has 0 amide bonds. The Kier molecular flexibility index (Phi) is 8.12. The normalized spacial score (nSPS) is 14.0. The van der Waals surface area contributed by atoms with Gasteiger partial charge >= 0.3 is 0 Å². The van der Waals surface area contributed by atoms with Crippen LogP contribution in [0.5, 0.6) is 0 Å². The van der Waals surface area contributed by atoms with Gasteiger partial charge in [0.15, 0.2) is 0 Å². The minimum absolute atomic E-state index is 0.0244. The average molecular weight is 312 g/mol. The van der Waals surface area contributed by atoms with E-state index in [-0.39, 0.29) is 11.9 Å². The molecule has 0 saturated heterocycles. The number of nitrogens with zero attached hydrogens (tertiary/aromatic N) is 1. The Morgan fingerprint density at radius 3 is 2.67 bits per heavy atom. The number of benzene rings is 1. The Morgan fingerprint density at radius 2 is 2.05 bits per heavy atom. The average Bonchev–Trinajstić information content (AvgIpc) is 2.49. The van der Waals surface area contributed by atoms with Gasteiger partial charge in [0, 0.05) is 30.4 Å². The molecule has 0 aliphatic heterocycles. The zero-order valence-corrected chi connectivity index (χ0v) is 14.8.